The lowest BCUT2D eigenvalue weighted by molar-refractivity contribution is -0.0509. The van der Waals surface area contributed by atoms with Crippen LogP contribution in [0.5, 0.6) is 5.75 Å². The molecule has 1 aliphatic carbocycles. The first kappa shape index (κ1) is 13.9. The first-order valence-corrected chi connectivity index (χ1v) is 7.65. The molecule has 1 saturated carbocycles. The van der Waals surface area contributed by atoms with E-state index in [1.165, 1.54) is 25.7 Å². The Morgan fingerprint density at radius 3 is 2.90 bits per heavy atom. The minimum atomic E-state index is 0.121. The van der Waals surface area contributed by atoms with Crippen molar-refractivity contribution in [2.75, 3.05) is 6.61 Å². The van der Waals surface area contributed by atoms with Crippen LogP contribution in [0, 0.1) is 0 Å². The summed E-state index contributed by atoms with van der Waals surface area (Å²) in [5, 5.41) is 0.428. The SMILES string of the molecule is O=Cc1c(Cl)cccc1OCC1CCC2(CCCC2)O1. The molecule has 2 aliphatic rings. The predicted octanol–water partition coefficient (Wildman–Crippen LogP) is 4.02. The highest BCUT2D eigenvalue weighted by molar-refractivity contribution is 6.33. The van der Waals surface area contributed by atoms with Gasteiger partial charge in [-0.1, -0.05) is 30.5 Å². The van der Waals surface area contributed by atoms with Crippen LogP contribution in [0.25, 0.3) is 0 Å². The standard InChI is InChI=1S/C16H19ClO3/c17-14-4-3-5-15(13(14)10-18)19-11-12-6-9-16(20-12)7-1-2-8-16/h3-5,10,12H,1-2,6-9,11H2. The Bertz CT molecular complexity index is 494. The van der Waals surface area contributed by atoms with Gasteiger partial charge in [-0.3, -0.25) is 4.79 Å². The second kappa shape index (κ2) is 5.74. The van der Waals surface area contributed by atoms with Crippen molar-refractivity contribution in [3.05, 3.63) is 28.8 Å². The fourth-order valence-corrected chi connectivity index (χ4v) is 3.55. The Kier molecular flexibility index (Phi) is 3.99. The summed E-state index contributed by atoms with van der Waals surface area (Å²) in [6.45, 7) is 0.489. The molecule has 2 fully saturated rings. The minimum Gasteiger partial charge on any atom is -0.490 e. The van der Waals surface area contributed by atoms with Gasteiger partial charge in [0.25, 0.3) is 0 Å². The monoisotopic (exact) mass is 294 g/mol. The van der Waals surface area contributed by atoms with E-state index in [1.807, 2.05) is 0 Å². The number of hydrogen-bond acceptors (Lipinski definition) is 3. The van der Waals surface area contributed by atoms with Crippen molar-refractivity contribution in [3.8, 4) is 5.75 Å². The Hall–Kier alpha value is -1.06. The molecule has 0 N–H and O–H groups in total. The molecule has 1 aliphatic heterocycles. The summed E-state index contributed by atoms with van der Waals surface area (Å²) in [5.74, 6) is 0.545. The fraction of sp³-hybridized carbons (Fsp3) is 0.562. The quantitative estimate of drug-likeness (QED) is 0.787. The second-order valence-electron chi connectivity index (χ2n) is 5.75. The average molecular weight is 295 g/mol. The highest BCUT2D eigenvalue weighted by atomic mass is 35.5. The maximum Gasteiger partial charge on any atom is 0.155 e. The van der Waals surface area contributed by atoms with Crippen LogP contribution in [-0.2, 0) is 4.74 Å². The van der Waals surface area contributed by atoms with Gasteiger partial charge >= 0.3 is 0 Å². The molecule has 1 spiro atoms. The normalized spacial score (nSPS) is 24.1. The predicted molar refractivity (Wildman–Crippen MR) is 77.6 cm³/mol. The lowest BCUT2D eigenvalue weighted by Gasteiger charge is -2.24. The average Bonchev–Trinajstić information content (AvgIpc) is 3.07. The van der Waals surface area contributed by atoms with Crippen molar-refractivity contribution < 1.29 is 14.3 Å². The smallest absolute Gasteiger partial charge is 0.155 e. The molecule has 0 radical (unpaired) electrons. The molecular formula is C16H19ClO3. The summed E-state index contributed by atoms with van der Waals surface area (Å²) >= 11 is 5.98. The topological polar surface area (TPSA) is 35.5 Å². The third-order valence-electron chi connectivity index (χ3n) is 4.41. The molecule has 0 aromatic heterocycles. The molecule has 1 saturated heterocycles. The van der Waals surface area contributed by atoms with Gasteiger partial charge in [0.2, 0.25) is 0 Å². The summed E-state index contributed by atoms with van der Waals surface area (Å²) in [6.07, 6.45) is 7.96. The van der Waals surface area contributed by atoms with Crippen LogP contribution in [0.15, 0.2) is 18.2 Å². The fourth-order valence-electron chi connectivity index (χ4n) is 3.34. The first-order valence-electron chi connectivity index (χ1n) is 7.27. The van der Waals surface area contributed by atoms with E-state index in [0.29, 0.717) is 22.9 Å². The number of ether oxygens (including phenoxy) is 2. The summed E-state index contributed by atoms with van der Waals surface area (Å²) in [5.41, 5.74) is 0.540. The van der Waals surface area contributed by atoms with Crippen molar-refractivity contribution in [1.29, 1.82) is 0 Å². The Morgan fingerprint density at radius 1 is 1.35 bits per heavy atom. The number of benzene rings is 1. The van der Waals surface area contributed by atoms with Gasteiger partial charge in [0.15, 0.2) is 6.29 Å². The van der Waals surface area contributed by atoms with Gasteiger partial charge in [0.05, 0.1) is 22.3 Å². The molecule has 1 heterocycles. The van der Waals surface area contributed by atoms with Gasteiger partial charge in [-0.2, -0.15) is 0 Å². The van der Waals surface area contributed by atoms with Gasteiger partial charge in [0, 0.05) is 0 Å². The lowest BCUT2D eigenvalue weighted by atomic mass is 9.98. The van der Waals surface area contributed by atoms with E-state index in [4.69, 9.17) is 21.1 Å². The molecule has 3 rings (SSSR count). The molecule has 1 unspecified atom stereocenters. The van der Waals surface area contributed by atoms with Crippen molar-refractivity contribution >= 4 is 17.9 Å². The van der Waals surface area contributed by atoms with Gasteiger partial charge < -0.3 is 9.47 Å². The van der Waals surface area contributed by atoms with Crippen LogP contribution < -0.4 is 4.74 Å². The summed E-state index contributed by atoms with van der Waals surface area (Å²) in [7, 11) is 0. The molecule has 0 amide bonds. The van der Waals surface area contributed by atoms with Crippen LogP contribution in [0.4, 0.5) is 0 Å². The number of carbonyl (C=O) groups excluding carboxylic acids is 1. The largest absolute Gasteiger partial charge is 0.490 e. The maximum absolute atomic E-state index is 11.1. The van der Waals surface area contributed by atoms with E-state index >= 15 is 0 Å². The van der Waals surface area contributed by atoms with Crippen LogP contribution in [-0.4, -0.2) is 24.6 Å². The van der Waals surface area contributed by atoms with Gasteiger partial charge in [-0.25, -0.2) is 0 Å². The van der Waals surface area contributed by atoms with Crippen LogP contribution in [0.2, 0.25) is 5.02 Å². The summed E-state index contributed by atoms with van der Waals surface area (Å²) in [6, 6.07) is 5.26. The number of hydrogen-bond donors (Lipinski definition) is 0. The number of rotatable bonds is 4. The summed E-state index contributed by atoms with van der Waals surface area (Å²) in [4.78, 5) is 11.1. The molecule has 1 aromatic carbocycles. The zero-order valence-electron chi connectivity index (χ0n) is 11.4. The van der Waals surface area contributed by atoms with Crippen LogP contribution in [0.1, 0.15) is 48.9 Å². The highest BCUT2D eigenvalue weighted by Crippen LogP contribution is 2.43. The lowest BCUT2D eigenvalue weighted by Crippen LogP contribution is -2.27. The molecule has 4 heteroatoms. The molecule has 1 atom stereocenters. The van der Waals surface area contributed by atoms with Crippen molar-refractivity contribution in [1.82, 2.24) is 0 Å². The van der Waals surface area contributed by atoms with E-state index in [2.05, 4.69) is 0 Å². The number of carbonyl (C=O) groups is 1. The van der Waals surface area contributed by atoms with E-state index in [0.717, 1.165) is 19.1 Å². The molecule has 0 bridgehead atoms. The zero-order chi connectivity index (χ0) is 14.0. The zero-order valence-corrected chi connectivity index (χ0v) is 12.2. The van der Waals surface area contributed by atoms with Gasteiger partial charge in [-0.05, 0) is 37.8 Å². The minimum absolute atomic E-state index is 0.121. The maximum atomic E-state index is 11.1. The third kappa shape index (κ3) is 2.70. The van der Waals surface area contributed by atoms with Crippen molar-refractivity contribution in [2.45, 2.75) is 50.2 Å². The number of halogens is 1. The van der Waals surface area contributed by atoms with E-state index in [1.54, 1.807) is 18.2 Å². The van der Waals surface area contributed by atoms with Crippen LogP contribution in [0.3, 0.4) is 0 Å². The molecule has 1 aromatic rings. The molecular weight excluding hydrogens is 276 g/mol. The Morgan fingerprint density at radius 2 is 2.15 bits per heavy atom. The van der Waals surface area contributed by atoms with Gasteiger partial charge in [0.1, 0.15) is 12.4 Å². The molecule has 20 heavy (non-hydrogen) atoms. The van der Waals surface area contributed by atoms with E-state index < -0.39 is 0 Å². The van der Waals surface area contributed by atoms with Crippen LogP contribution >= 0.6 is 11.6 Å². The highest BCUT2D eigenvalue weighted by Gasteiger charge is 2.42. The number of aldehydes is 1. The Labute approximate surface area is 124 Å². The van der Waals surface area contributed by atoms with E-state index in [9.17, 15) is 4.79 Å². The first-order chi connectivity index (χ1) is 9.72. The molecule has 108 valence electrons. The van der Waals surface area contributed by atoms with Gasteiger partial charge in [-0.15, -0.1) is 0 Å². The van der Waals surface area contributed by atoms with Crippen molar-refractivity contribution in [3.63, 3.8) is 0 Å². The second-order valence-corrected chi connectivity index (χ2v) is 6.16. The summed E-state index contributed by atoms with van der Waals surface area (Å²) < 4.78 is 11.9. The Balaban J connectivity index is 1.60. The molecule has 3 nitrogen and oxygen atoms in total. The van der Waals surface area contributed by atoms with E-state index in [-0.39, 0.29) is 11.7 Å². The third-order valence-corrected chi connectivity index (χ3v) is 4.74. The van der Waals surface area contributed by atoms with Crippen molar-refractivity contribution in [2.24, 2.45) is 0 Å².